The molecule has 2 rings (SSSR count). The van der Waals surface area contributed by atoms with Gasteiger partial charge in [-0.1, -0.05) is 0 Å². The quantitative estimate of drug-likeness (QED) is 0.781. The summed E-state index contributed by atoms with van der Waals surface area (Å²) in [4.78, 5) is 15.4. The Morgan fingerprint density at radius 1 is 1.56 bits per heavy atom. The van der Waals surface area contributed by atoms with Crippen LogP contribution in [0, 0.1) is 0 Å². The lowest BCUT2D eigenvalue weighted by molar-refractivity contribution is 0.0600. The number of carbonyl (C=O) groups is 1. The number of pyridine rings is 1. The van der Waals surface area contributed by atoms with Gasteiger partial charge in [-0.2, -0.15) is 0 Å². The Bertz CT molecular complexity index is 383. The van der Waals surface area contributed by atoms with Crippen molar-refractivity contribution in [2.24, 2.45) is 0 Å². The lowest BCUT2D eigenvalue weighted by Gasteiger charge is -2.10. The van der Waals surface area contributed by atoms with Crippen LogP contribution < -0.4 is 5.32 Å². The first-order valence-corrected chi connectivity index (χ1v) is 5.41. The van der Waals surface area contributed by atoms with Crippen molar-refractivity contribution < 1.29 is 9.53 Å². The molecule has 1 aliphatic rings. The van der Waals surface area contributed by atoms with E-state index in [1.165, 1.54) is 20.0 Å². The van der Waals surface area contributed by atoms with Gasteiger partial charge in [0.15, 0.2) is 0 Å². The third kappa shape index (κ3) is 2.58. The molecule has 0 radical (unpaired) electrons. The Morgan fingerprint density at radius 2 is 2.31 bits per heavy atom. The van der Waals surface area contributed by atoms with Crippen molar-refractivity contribution in [1.82, 2.24) is 10.3 Å². The summed E-state index contributed by atoms with van der Waals surface area (Å²) in [7, 11) is 1.37. The van der Waals surface area contributed by atoms with Crippen LogP contribution >= 0.6 is 0 Å². The predicted octanol–water partition coefficient (Wildman–Crippen LogP) is 1.51. The average molecular weight is 220 g/mol. The number of methoxy groups -OCH3 is 1. The van der Waals surface area contributed by atoms with Crippen LogP contribution in [0.1, 0.15) is 35.8 Å². The van der Waals surface area contributed by atoms with Gasteiger partial charge >= 0.3 is 5.97 Å². The molecule has 0 saturated heterocycles. The van der Waals surface area contributed by atoms with Gasteiger partial charge in [0.25, 0.3) is 0 Å². The molecule has 0 spiro atoms. The van der Waals surface area contributed by atoms with Crippen molar-refractivity contribution in [3.63, 3.8) is 0 Å². The first-order valence-electron chi connectivity index (χ1n) is 5.41. The number of aromatic nitrogens is 1. The number of rotatable bonds is 4. The Kier molecular flexibility index (Phi) is 2.92. The van der Waals surface area contributed by atoms with Crippen LogP contribution in [0.3, 0.4) is 0 Å². The second-order valence-corrected chi connectivity index (χ2v) is 4.44. The molecule has 0 amide bonds. The maximum atomic E-state index is 11.2. The standard InChI is InChI=1S/C12H16N2O2/c1-12(5-6-12)14-8-10-4-3-9(7-13-10)11(15)16-2/h3-4,7,14H,5-6,8H2,1-2H3. The minimum atomic E-state index is -0.346. The summed E-state index contributed by atoms with van der Waals surface area (Å²) in [5.74, 6) is -0.346. The van der Waals surface area contributed by atoms with Crippen LogP contribution in [0.2, 0.25) is 0 Å². The van der Waals surface area contributed by atoms with Gasteiger partial charge in [-0.15, -0.1) is 0 Å². The Hall–Kier alpha value is -1.42. The minimum Gasteiger partial charge on any atom is -0.465 e. The molecule has 0 unspecified atom stereocenters. The largest absolute Gasteiger partial charge is 0.465 e. The molecule has 1 fully saturated rings. The molecule has 86 valence electrons. The average Bonchev–Trinajstić information content (AvgIpc) is 3.05. The molecule has 0 aliphatic heterocycles. The Morgan fingerprint density at radius 3 is 2.81 bits per heavy atom. The molecule has 1 aromatic heterocycles. The van der Waals surface area contributed by atoms with E-state index in [2.05, 4.69) is 22.0 Å². The van der Waals surface area contributed by atoms with Crippen molar-refractivity contribution in [3.05, 3.63) is 29.6 Å². The number of ether oxygens (including phenoxy) is 1. The fraction of sp³-hybridized carbons (Fsp3) is 0.500. The zero-order chi connectivity index (χ0) is 11.6. The third-order valence-electron chi connectivity index (χ3n) is 2.94. The van der Waals surface area contributed by atoms with Gasteiger partial charge in [-0.25, -0.2) is 4.79 Å². The highest BCUT2D eigenvalue weighted by molar-refractivity contribution is 5.88. The van der Waals surface area contributed by atoms with Crippen LogP contribution in [0.15, 0.2) is 18.3 Å². The summed E-state index contributed by atoms with van der Waals surface area (Å²) in [6, 6.07) is 3.59. The zero-order valence-electron chi connectivity index (χ0n) is 9.62. The summed E-state index contributed by atoms with van der Waals surface area (Å²) in [6.45, 7) is 2.95. The van der Waals surface area contributed by atoms with Crippen LogP contribution in [0.4, 0.5) is 0 Å². The van der Waals surface area contributed by atoms with E-state index in [4.69, 9.17) is 0 Å². The lowest BCUT2D eigenvalue weighted by Crippen LogP contribution is -2.27. The SMILES string of the molecule is COC(=O)c1ccc(CNC2(C)CC2)nc1. The number of nitrogens with one attached hydrogen (secondary N) is 1. The van der Waals surface area contributed by atoms with E-state index in [1.807, 2.05) is 6.07 Å². The summed E-state index contributed by atoms with van der Waals surface area (Å²) in [5, 5.41) is 3.43. The summed E-state index contributed by atoms with van der Waals surface area (Å²) >= 11 is 0. The van der Waals surface area contributed by atoms with Crippen LogP contribution in [0.5, 0.6) is 0 Å². The molecule has 1 N–H and O–H groups in total. The molecular weight excluding hydrogens is 204 g/mol. The molecule has 0 aromatic carbocycles. The number of carbonyl (C=O) groups excluding carboxylic acids is 1. The minimum absolute atomic E-state index is 0.308. The Labute approximate surface area is 95.0 Å². The van der Waals surface area contributed by atoms with Gasteiger partial charge < -0.3 is 10.1 Å². The highest BCUT2D eigenvalue weighted by Crippen LogP contribution is 2.34. The molecule has 4 nitrogen and oxygen atoms in total. The van der Waals surface area contributed by atoms with Crippen molar-refractivity contribution in [1.29, 1.82) is 0 Å². The molecule has 1 aliphatic carbocycles. The molecule has 0 bridgehead atoms. The predicted molar refractivity (Wildman–Crippen MR) is 60.1 cm³/mol. The van der Waals surface area contributed by atoms with Gasteiger partial charge in [0.1, 0.15) is 0 Å². The molecule has 1 saturated carbocycles. The zero-order valence-corrected chi connectivity index (χ0v) is 9.62. The van der Waals surface area contributed by atoms with Gasteiger partial charge in [-0.3, -0.25) is 4.98 Å². The van der Waals surface area contributed by atoms with Gasteiger partial charge in [-0.05, 0) is 31.9 Å². The maximum Gasteiger partial charge on any atom is 0.339 e. The molecule has 1 aromatic rings. The van der Waals surface area contributed by atoms with Crippen molar-refractivity contribution in [3.8, 4) is 0 Å². The van der Waals surface area contributed by atoms with E-state index in [0.717, 1.165) is 12.2 Å². The normalized spacial score (nSPS) is 16.9. The first-order chi connectivity index (χ1) is 7.63. The fourth-order valence-electron chi connectivity index (χ4n) is 1.44. The van der Waals surface area contributed by atoms with Gasteiger partial charge in [0.05, 0.1) is 18.4 Å². The van der Waals surface area contributed by atoms with E-state index in [0.29, 0.717) is 11.1 Å². The second kappa shape index (κ2) is 4.22. The number of nitrogens with zero attached hydrogens (tertiary/aromatic N) is 1. The third-order valence-corrected chi connectivity index (χ3v) is 2.94. The number of hydrogen-bond donors (Lipinski definition) is 1. The van der Waals surface area contributed by atoms with Crippen molar-refractivity contribution in [2.45, 2.75) is 31.8 Å². The van der Waals surface area contributed by atoms with Gasteiger partial charge in [0, 0.05) is 18.3 Å². The number of hydrogen-bond acceptors (Lipinski definition) is 4. The first kappa shape index (κ1) is 11.1. The molecule has 16 heavy (non-hydrogen) atoms. The van der Waals surface area contributed by atoms with E-state index in [1.54, 1.807) is 12.3 Å². The highest BCUT2D eigenvalue weighted by Gasteiger charge is 2.36. The Balaban J connectivity index is 1.93. The summed E-state index contributed by atoms with van der Waals surface area (Å²) < 4.78 is 4.61. The lowest BCUT2D eigenvalue weighted by atomic mass is 10.2. The topological polar surface area (TPSA) is 51.2 Å². The van der Waals surface area contributed by atoms with Crippen LogP contribution in [-0.2, 0) is 11.3 Å². The summed E-state index contributed by atoms with van der Waals surface area (Å²) in [5.41, 5.74) is 1.74. The molecular formula is C12H16N2O2. The fourth-order valence-corrected chi connectivity index (χ4v) is 1.44. The van der Waals surface area contributed by atoms with Gasteiger partial charge in [0.2, 0.25) is 0 Å². The monoisotopic (exact) mass is 220 g/mol. The van der Waals surface area contributed by atoms with E-state index >= 15 is 0 Å². The van der Waals surface area contributed by atoms with E-state index < -0.39 is 0 Å². The van der Waals surface area contributed by atoms with E-state index in [-0.39, 0.29) is 5.97 Å². The maximum absolute atomic E-state index is 11.2. The van der Waals surface area contributed by atoms with Crippen molar-refractivity contribution >= 4 is 5.97 Å². The smallest absolute Gasteiger partial charge is 0.339 e. The second-order valence-electron chi connectivity index (χ2n) is 4.44. The number of esters is 1. The van der Waals surface area contributed by atoms with Crippen LogP contribution in [-0.4, -0.2) is 23.6 Å². The molecule has 4 heteroatoms. The van der Waals surface area contributed by atoms with E-state index in [9.17, 15) is 4.79 Å². The highest BCUT2D eigenvalue weighted by atomic mass is 16.5. The molecule has 0 atom stereocenters. The van der Waals surface area contributed by atoms with Crippen LogP contribution in [0.25, 0.3) is 0 Å². The molecule has 1 heterocycles. The van der Waals surface area contributed by atoms with Crippen molar-refractivity contribution in [2.75, 3.05) is 7.11 Å². The summed E-state index contributed by atoms with van der Waals surface area (Å²) in [6.07, 6.45) is 4.01.